The monoisotopic (exact) mass is 547 g/mol. The van der Waals surface area contributed by atoms with E-state index in [1.54, 1.807) is 11.3 Å². The Morgan fingerprint density at radius 1 is 0.950 bits per heavy atom. The summed E-state index contributed by atoms with van der Waals surface area (Å²) in [6.07, 6.45) is 5.30. The van der Waals surface area contributed by atoms with Crippen LogP contribution in [0.2, 0.25) is 0 Å². The highest BCUT2D eigenvalue weighted by atomic mass is 32.1. The van der Waals surface area contributed by atoms with Crippen LogP contribution in [-0.4, -0.2) is 38.7 Å². The van der Waals surface area contributed by atoms with Crippen LogP contribution in [0, 0.1) is 6.92 Å². The van der Waals surface area contributed by atoms with E-state index in [1.807, 2.05) is 53.8 Å². The highest BCUT2D eigenvalue weighted by Gasteiger charge is 2.57. The number of aromatic nitrogens is 5. The van der Waals surface area contributed by atoms with Crippen molar-refractivity contribution in [2.24, 2.45) is 5.73 Å². The fourth-order valence-corrected chi connectivity index (χ4v) is 6.88. The van der Waals surface area contributed by atoms with Gasteiger partial charge >= 0.3 is 5.82 Å². The second-order valence-corrected chi connectivity index (χ2v) is 11.6. The van der Waals surface area contributed by atoms with Gasteiger partial charge in [-0.3, -0.25) is 4.98 Å². The molecular weight excluding hydrogens is 520 g/mol. The van der Waals surface area contributed by atoms with Gasteiger partial charge in [-0.25, -0.2) is 4.98 Å². The highest BCUT2D eigenvalue weighted by Crippen LogP contribution is 2.51. The van der Waals surface area contributed by atoms with Gasteiger partial charge in [0, 0.05) is 24.6 Å². The third kappa shape index (κ3) is 3.62. The Hall–Kier alpha value is -4.02. The summed E-state index contributed by atoms with van der Waals surface area (Å²) in [5.41, 5.74) is 15.2. The van der Waals surface area contributed by atoms with Crippen molar-refractivity contribution >= 4 is 27.9 Å². The predicted octanol–water partition coefficient (Wildman–Crippen LogP) is 4.95. The molecule has 198 valence electrons. The Morgan fingerprint density at radius 2 is 1.73 bits per heavy atom. The topological polar surface area (TPSA) is 92.2 Å². The zero-order chi connectivity index (χ0) is 26.9. The van der Waals surface area contributed by atoms with Gasteiger partial charge in [0.1, 0.15) is 10.6 Å². The van der Waals surface area contributed by atoms with Crippen molar-refractivity contribution in [2.45, 2.75) is 31.1 Å². The van der Waals surface area contributed by atoms with Gasteiger partial charge in [0.05, 0.1) is 52.2 Å². The minimum atomic E-state index is -0.508. The molecule has 2 N–H and O–H groups in total. The molecular formula is C31H27N6O2S+. The number of ether oxygens (including phenoxy) is 2. The van der Waals surface area contributed by atoms with Gasteiger partial charge in [-0.1, -0.05) is 47.1 Å². The first-order valence-electron chi connectivity index (χ1n) is 13.4. The van der Waals surface area contributed by atoms with Crippen molar-refractivity contribution in [3.8, 4) is 27.5 Å². The van der Waals surface area contributed by atoms with E-state index in [4.69, 9.17) is 25.3 Å². The summed E-state index contributed by atoms with van der Waals surface area (Å²) in [5, 5.41) is 6.16. The molecule has 4 aromatic heterocycles. The lowest BCUT2D eigenvalue weighted by Gasteiger charge is -2.50. The minimum Gasteiger partial charge on any atom is -0.347 e. The zero-order valence-electron chi connectivity index (χ0n) is 21.9. The van der Waals surface area contributed by atoms with E-state index in [2.05, 4.69) is 51.8 Å². The highest BCUT2D eigenvalue weighted by molar-refractivity contribution is 7.13. The second-order valence-electron chi connectivity index (χ2n) is 10.7. The molecule has 1 aliphatic carbocycles. The molecule has 0 amide bonds. The number of pyridine rings is 2. The van der Waals surface area contributed by atoms with Crippen molar-refractivity contribution in [3.63, 3.8) is 0 Å². The number of hydrogen-bond donors (Lipinski definition) is 1. The van der Waals surface area contributed by atoms with Gasteiger partial charge in [-0.15, -0.1) is 11.3 Å². The molecule has 1 spiro atoms. The Morgan fingerprint density at radius 3 is 2.45 bits per heavy atom. The first-order chi connectivity index (χ1) is 19.5. The molecule has 8 nitrogen and oxygen atoms in total. The fraction of sp³-hybridized carbons (Fsp3) is 0.226. The van der Waals surface area contributed by atoms with E-state index in [-0.39, 0.29) is 0 Å². The summed E-state index contributed by atoms with van der Waals surface area (Å²) >= 11 is 1.59. The van der Waals surface area contributed by atoms with Crippen LogP contribution < -0.4 is 10.1 Å². The third-order valence-electron chi connectivity index (χ3n) is 8.12. The SMILES string of the molecule is Cc1ncsc1-c1nn(-c2ccc(C3(N)CC4(C3)OCCO4)cc2)c2c3cc(-c4ccccc4)cnc3cc[n+]12. The molecule has 2 aliphatic rings. The van der Waals surface area contributed by atoms with Crippen molar-refractivity contribution in [1.29, 1.82) is 0 Å². The second kappa shape index (κ2) is 8.74. The Kier molecular flexibility index (Phi) is 5.21. The molecule has 8 rings (SSSR count). The number of thiazole rings is 1. The summed E-state index contributed by atoms with van der Waals surface area (Å²) in [6.45, 7) is 3.29. The summed E-state index contributed by atoms with van der Waals surface area (Å²) in [7, 11) is 0. The molecule has 2 fully saturated rings. The van der Waals surface area contributed by atoms with Gasteiger partial charge < -0.3 is 15.2 Å². The lowest BCUT2D eigenvalue weighted by Crippen LogP contribution is -2.60. The van der Waals surface area contributed by atoms with E-state index in [0.29, 0.717) is 26.1 Å². The Bertz CT molecular complexity index is 1880. The molecule has 2 aromatic carbocycles. The molecule has 0 bridgehead atoms. The van der Waals surface area contributed by atoms with Gasteiger partial charge in [-0.05, 0) is 42.3 Å². The Balaban J connectivity index is 1.29. The number of nitrogens with two attached hydrogens (primary N) is 1. The quantitative estimate of drug-likeness (QED) is 0.314. The van der Waals surface area contributed by atoms with Crippen molar-refractivity contribution in [2.75, 3.05) is 13.2 Å². The number of rotatable bonds is 4. The molecule has 1 saturated carbocycles. The summed E-state index contributed by atoms with van der Waals surface area (Å²) in [4.78, 5) is 10.4. The van der Waals surface area contributed by atoms with Gasteiger partial charge in [-0.2, -0.15) is 4.40 Å². The summed E-state index contributed by atoms with van der Waals surface area (Å²) in [5.74, 6) is 0.337. The molecule has 0 atom stereocenters. The van der Waals surface area contributed by atoms with Crippen molar-refractivity contribution in [1.82, 2.24) is 19.7 Å². The fourth-order valence-electron chi connectivity index (χ4n) is 6.10. The third-order valence-corrected chi connectivity index (χ3v) is 9.04. The Labute approximate surface area is 234 Å². The molecule has 1 saturated heterocycles. The lowest BCUT2D eigenvalue weighted by atomic mass is 9.68. The van der Waals surface area contributed by atoms with Crippen LogP contribution in [0.4, 0.5) is 0 Å². The van der Waals surface area contributed by atoms with Crippen LogP contribution in [-0.2, 0) is 15.0 Å². The van der Waals surface area contributed by atoms with Crippen molar-refractivity contribution < 1.29 is 13.9 Å². The average Bonchev–Trinajstić information content (AvgIpc) is 3.72. The molecule has 9 heteroatoms. The van der Waals surface area contributed by atoms with Gasteiger partial charge in [0.25, 0.3) is 5.65 Å². The van der Waals surface area contributed by atoms with Crippen LogP contribution in [0.25, 0.3) is 44.1 Å². The maximum absolute atomic E-state index is 6.79. The number of fused-ring (bicyclic) bond motifs is 3. The van der Waals surface area contributed by atoms with Crippen LogP contribution >= 0.6 is 11.3 Å². The largest absolute Gasteiger partial charge is 0.347 e. The van der Waals surface area contributed by atoms with Gasteiger partial charge in [0.15, 0.2) is 5.79 Å². The molecule has 6 aromatic rings. The van der Waals surface area contributed by atoms with E-state index in [9.17, 15) is 0 Å². The molecule has 40 heavy (non-hydrogen) atoms. The summed E-state index contributed by atoms with van der Waals surface area (Å²) < 4.78 is 15.8. The average molecular weight is 548 g/mol. The summed E-state index contributed by atoms with van der Waals surface area (Å²) in [6, 6.07) is 23.0. The standard InChI is InChI=1S/C31H27N6O2S/c1-20-27(40-19-34-20)28-35-37(24-9-7-23(8-10-24)30(32)17-31(18-30)38-13-14-39-31)29-25-15-22(21-5-3-2-4-6-21)16-33-26(25)11-12-36(28)29/h2-12,15-16,19H,13-14,17-18,32H2,1H3/q+1. The number of nitrogens with zero attached hydrogens (tertiary/aromatic N) is 5. The van der Waals surface area contributed by atoms with Crippen LogP contribution in [0.3, 0.4) is 0 Å². The smallest absolute Gasteiger partial charge is 0.326 e. The lowest BCUT2D eigenvalue weighted by molar-refractivity contribution is -0.498. The van der Waals surface area contributed by atoms with E-state index in [0.717, 1.165) is 55.3 Å². The number of hydrogen-bond acceptors (Lipinski definition) is 7. The normalized spacial score (nSPS) is 17.6. The first kappa shape index (κ1) is 23.8. The van der Waals surface area contributed by atoms with Crippen LogP contribution in [0.1, 0.15) is 24.1 Å². The van der Waals surface area contributed by atoms with Crippen LogP contribution in [0.5, 0.6) is 0 Å². The maximum atomic E-state index is 6.79. The van der Waals surface area contributed by atoms with E-state index < -0.39 is 11.3 Å². The first-order valence-corrected chi connectivity index (χ1v) is 14.3. The minimum absolute atomic E-state index is 0.462. The maximum Gasteiger partial charge on any atom is 0.326 e. The van der Waals surface area contributed by atoms with Crippen molar-refractivity contribution in [3.05, 3.63) is 95.9 Å². The zero-order valence-corrected chi connectivity index (χ0v) is 22.8. The molecule has 0 radical (unpaired) electrons. The van der Waals surface area contributed by atoms with E-state index in [1.165, 1.54) is 0 Å². The van der Waals surface area contributed by atoms with E-state index >= 15 is 0 Å². The number of aryl methyl sites for hydroxylation is 1. The van der Waals surface area contributed by atoms with Gasteiger partial charge in [0.2, 0.25) is 0 Å². The molecule has 5 heterocycles. The van der Waals surface area contributed by atoms with Crippen LogP contribution in [0.15, 0.2) is 84.6 Å². The predicted molar refractivity (Wildman–Crippen MR) is 153 cm³/mol. The number of benzene rings is 2. The molecule has 1 aliphatic heterocycles. The molecule has 0 unspecified atom stereocenters.